The van der Waals surface area contributed by atoms with Crippen LogP contribution >= 0.6 is 0 Å². The van der Waals surface area contributed by atoms with Crippen LogP contribution in [0.25, 0.3) is 10.8 Å². The molecule has 0 saturated heterocycles. The fourth-order valence-corrected chi connectivity index (χ4v) is 5.73. The number of carbonyl (C=O) groups is 1. The zero-order chi connectivity index (χ0) is 25.9. The van der Waals surface area contributed by atoms with Gasteiger partial charge in [0.05, 0.1) is 5.56 Å². The molecule has 0 radical (unpaired) electrons. The number of carboxylic acids is 1. The van der Waals surface area contributed by atoms with E-state index in [2.05, 4.69) is 35.3 Å². The largest absolute Gasteiger partial charge is 0.478 e. The molecular formula is C32H33FN2O2. The highest BCUT2D eigenvalue weighted by atomic mass is 19.1. The van der Waals surface area contributed by atoms with Crippen molar-refractivity contribution >= 4 is 28.1 Å². The van der Waals surface area contributed by atoms with E-state index in [9.17, 15) is 14.3 Å². The van der Waals surface area contributed by atoms with Gasteiger partial charge in [-0.15, -0.1) is 0 Å². The predicted molar refractivity (Wildman–Crippen MR) is 148 cm³/mol. The number of aromatic carboxylic acids is 1. The van der Waals surface area contributed by atoms with Gasteiger partial charge in [-0.1, -0.05) is 54.6 Å². The average molecular weight is 497 g/mol. The molecule has 1 heterocycles. The summed E-state index contributed by atoms with van der Waals surface area (Å²) in [6, 6.07) is 25.2. The quantitative estimate of drug-likeness (QED) is 0.249. The van der Waals surface area contributed by atoms with E-state index in [1.807, 2.05) is 55.5 Å². The van der Waals surface area contributed by atoms with Crippen LogP contribution in [-0.2, 0) is 6.42 Å². The Kier molecular flexibility index (Phi) is 7.24. The van der Waals surface area contributed by atoms with Gasteiger partial charge in [-0.05, 0) is 91.9 Å². The zero-order valence-corrected chi connectivity index (χ0v) is 21.4. The van der Waals surface area contributed by atoms with Crippen molar-refractivity contribution < 1.29 is 14.3 Å². The van der Waals surface area contributed by atoms with Crippen molar-refractivity contribution in [2.75, 3.05) is 18.0 Å². The summed E-state index contributed by atoms with van der Waals surface area (Å²) in [5.74, 6) is -0.611. The summed E-state index contributed by atoms with van der Waals surface area (Å²) in [5.41, 5.74) is 5.70. The highest BCUT2D eigenvalue weighted by Crippen LogP contribution is 2.38. The molecule has 4 nitrogen and oxygen atoms in total. The molecule has 1 aliphatic rings. The molecule has 4 aromatic rings. The van der Waals surface area contributed by atoms with Gasteiger partial charge in [0.1, 0.15) is 5.82 Å². The Labute approximate surface area is 217 Å². The Morgan fingerprint density at radius 3 is 2.54 bits per heavy atom. The number of fused-ring (bicyclic) bond motifs is 2. The highest BCUT2D eigenvalue weighted by Gasteiger charge is 2.27. The molecule has 0 spiro atoms. The zero-order valence-electron chi connectivity index (χ0n) is 21.4. The van der Waals surface area contributed by atoms with Crippen molar-refractivity contribution in [1.82, 2.24) is 5.32 Å². The Hall–Kier alpha value is -3.70. The topological polar surface area (TPSA) is 52.6 Å². The Bertz CT molecular complexity index is 1430. The van der Waals surface area contributed by atoms with Crippen LogP contribution < -0.4 is 10.2 Å². The SMILES string of the molecule is Cc1c(C(=O)O)cccc1N1CC(CCCN[C@H](C)c2ccc(F)c3ccccc23)Cc2ccccc21. The van der Waals surface area contributed by atoms with Gasteiger partial charge in [0.15, 0.2) is 0 Å². The van der Waals surface area contributed by atoms with Crippen LogP contribution in [0.5, 0.6) is 0 Å². The highest BCUT2D eigenvalue weighted by molar-refractivity contribution is 5.92. The Balaban J connectivity index is 1.27. The van der Waals surface area contributed by atoms with Crippen LogP contribution in [0.2, 0.25) is 0 Å². The van der Waals surface area contributed by atoms with Crippen LogP contribution in [0.3, 0.4) is 0 Å². The number of para-hydroxylation sites is 1. The van der Waals surface area contributed by atoms with Crippen molar-refractivity contribution in [3.8, 4) is 0 Å². The van der Waals surface area contributed by atoms with Gasteiger partial charge in [0.25, 0.3) is 0 Å². The standard InChI is InChI=1S/C32H33FN2O2/c1-21-25(32(36)37)13-7-15-30(21)35-20-23(19-24-10-3-6-14-31(24)35)9-8-18-34-22(2)26-16-17-29(33)28-12-5-4-11-27(26)28/h3-7,10-17,22-23,34H,8-9,18-20H2,1-2H3,(H,36,37)/t22-,23?/m1/s1. The number of hydrogen-bond donors (Lipinski definition) is 2. The molecule has 0 amide bonds. The first-order valence-corrected chi connectivity index (χ1v) is 13.0. The molecule has 2 atom stereocenters. The van der Waals surface area contributed by atoms with Crippen LogP contribution in [0.4, 0.5) is 15.8 Å². The lowest BCUT2D eigenvalue weighted by Crippen LogP contribution is -2.33. The number of anilines is 2. The van der Waals surface area contributed by atoms with Gasteiger partial charge in [0.2, 0.25) is 0 Å². The molecule has 5 rings (SSSR count). The summed E-state index contributed by atoms with van der Waals surface area (Å²) in [4.78, 5) is 14.0. The molecule has 0 bridgehead atoms. The molecule has 0 fully saturated rings. The number of hydrogen-bond acceptors (Lipinski definition) is 3. The molecule has 1 aliphatic heterocycles. The van der Waals surface area contributed by atoms with Crippen molar-refractivity contribution in [2.24, 2.45) is 5.92 Å². The van der Waals surface area contributed by atoms with Crippen molar-refractivity contribution in [3.05, 3.63) is 107 Å². The molecular weight excluding hydrogens is 463 g/mol. The third kappa shape index (κ3) is 5.09. The second-order valence-corrected chi connectivity index (χ2v) is 10.1. The fourth-order valence-electron chi connectivity index (χ4n) is 5.73. The van der Waals surface area contributed by atoms with Gasteiger partial charge in [0, 0.05) is 29.3 Å². The lowest BCUT2D eigenvalue weighted by molar-refractivity contribution is 0.0696. The van der Waals surface area contributed by atoms with Crippen LogP contribution in [0, 0.1) is 18.7 Å². The predicted octanol–water partition coefficient (Wildman–Crippen LogP) is 7.43. The average Bonchev–Trinajstić information content (AvgIpc) is 2.91. The van der Waals surface area contributed by atoms with E-state index in [0.717, 1.165) is 54.6 Å². The molecule has 1 unspecified atom stereocenters. The second kappa shape index (κ2) is 10.7. The summed E-state index contributed by atoms with van der Waals surface area (Å²) >= 11 is 0. The van der Waals surface area contributed by atoms with Gasteiger partial charge < -0.3 is 15.3 Å². The molecule has 2 N–H and O–H groups in total. The van der Waals surface area contributed by atoms with E-state index in [1.54, 1.807) is 12.1 Å². The maximum atomic E-state index is 14.2. The fraction of sp³-hybridized carbons (Fsp3) is 0.281. The Morgan fingerprint density at radius 2 is 1.73 bits per heavy atom. The maximum absolute atomic E-state index is 14.2. The van der Waals surface area contributed by atoms with Gasteiger partial charge in [-0.3, -0.25) is 0 Å². The maximum Gasteiger partial charge on any atom is 0.336 e. The smallest absolute Gasteiger partial charge is 0.336 e. The minimum Gasteiger partial charge on any atom is -0.478 e. The number of carboxylic acid groups (broad SMARTS) is 1. The van der Waals surface area contributed by atoms with E-state index in [0.29, 0.717) is 16.9 Å². The first-order chi connectivity index (χ1) is 17.9. The van der Waals surface area contributed by atoms with Crippen LogP contribution in [-0.4, -0.2) is 24.2 Å². The molecule has 0 aromatic heterocycles. The number of nitrogens with one attached hydrogen (secondary N) is 1. The minimum atomic E-state index is -0.893. The summed E-state index contributed by atoms with van der Waals surface area (Å²) in [6.45, 7) is 5.77. The molecule has 37 heavy (non-hydrogen) atoms. The van der Waals surface area contributed by atoms with Gasteiger partial charge in [-0.2, -0.15) is 0 Å². The summed E-state index contributed by atoms with van der Waals surface area (Å²) in [5, 5.41) is 14.9. The van der Waals surface area contributed by atoms with Crippen molar-refractivity contribution in [2.45, 2.75) is 39.2 Å². The first kappa shape index (κ1) is 25.0. The molecule has 0 saturated carbocycles. The van der Waals surface area contributed by atoms with Crippen molar-refractivity contribution in [3.63, 3.8) is 0 Å². The van der Waals surface area contributed by atoms with Crippen LogP contribution in [0.1, 0.15) is 52.9 Å². The van der Waals surface area contributed by atoms with E-state index >= 15 is 0 Å². The molecule has 190 valence electrons. The molecule has 4 aromatic carbocycles. The summed E-state index contributed by atoms with van der Waals surface area (Å²) in [6.07, 6.45) is 3.10. The third-order valence-electron chi connectivity index (χ3n) is 7.67. The lowest BCUT2D eigenvalue weighted by Gasteiger charge is -2.37. The van der Waals surface area contributed by atoms with E-state index in [4.69, 9.17) is 0 Å². The number of rotatable bonds is 8. The summed E-state index contributed by atoms with van der Waals surface area (Å²) < 4.78 is 14.2. The second-order valence-electron chi connectivity index (χ2n) is 10.1. The number of halogens is 1. The number of nitrogens with zero attached hydrogens (tertiary/aromatic N) is 1. The minimum absolute atomic E-state index is 0.121. The third-order valence-corrected chi connectivity index (χ3v) is 7.67. The lowest BCUT2D eigenvalue weighted by atomic mass is 9.88. The number of benzene rings is 4. The normalized spacial score (nSPS) is 16.0. The molecule has 0 aliphatic carbocycles. The van der Waals surface area contributed by atoms with E-state index in [-0.39, 0.29) is 11.9 Å². The first-order valence-electron chi connectivity index (χ1n) is 13.0. The molecule has 5 heteroatoms. The van der Waals surface area contributed by atoms with Gasteiger partial charge in [-0.25, -0.2) is 9.18 Å². The van der Waals surface area contributed by atoms with Gasteiger partial charge >= 0.3 is 5.97 Å². The van der Waals surface area contributed by atoms with Crippen LogP contribution in [0.15, 0.2) is 78.9 Å². The summed E-state index contributed by atoms with van der Waals surface area (Å²) in [7, 11) is 0. The Morgan fingerprint density at radius 1 is 1.00 bits per heavy atom. The van der Waals surface area contributed by atoms with E-state index < -0.39 is 5.97 Å². The van der Waals surface area contributed by atoms with Crippen molar-refractivity contribution in [1.29, 1.82) is 0 Å². The monoisotopic (exact) mass is 496 g/mol. The van der Waals surface area contributed by atoms with E-state index in [1.165, 1.54) is 11.3 Å².